The van der Waals surface area contributed by atoms with E-state index in [1.54, 1.807) is 18.6 Å². The normalized spacial score (nSPS) is 9.95. The molecule has 0 spiro atoms. The van der Waals surface area contributed by atoms with E-state index in [4.69, 9.17) is 4.74 Å². The second kappa shape index (κ2) is 6.15. The fraction of sp³-hybridized carbons (Fsp3) is 0.143. The number of nitrogens with zero attached hydrogens (tertiary/aromatic N) is 1. The Balaban J connectivity index is 2.15. The minimum absolute atomic E-state index is 0.184. The molecule has 2 aromatic rings. The van der Waals surface area contributed by atoms with E-state index >= 15 is 0 Å². The van der Waals surface area contributed by atoms with Crippen LogP contribution in [0.5, 0.6) is 5.75 Å². The minimum Gasteiger partial charge on any atom is -0.497 e. The van der Waals surface area contributed by atoms with E-state index in [0.717, 1.165) is 16.3 Å². The molecule has 1 heterocycles. The van der Waals surface area contributed by atoms with Crippen molar-refractivity contribution >= 4 is 17.2 Å². The highest BCUT2D eigenvalue weighted by molar-refractivity contribution is 7.13. The molecular formula is C14H14N2O2S. The predicted octanol–water partition coefficient (Wildman–Crippen LogP) is 2.73. The van der Waals surface area contributed by atoms with Gasteiger partial charge in [-0.3, -0.25) is 4.79 Å². The maximum atomic E-state index is 11.7. The number of methoxy groups -OCH3 is 1. The first kappa shape index (κ1) is 13.3. The number of ether oxygens (including phenoxy) is 1. The average molecular weight is 274 g/mol. The zero-order valence-corrected chi connectivity index (χ0v) is 11.4. The van der Waals surface area contributed by atoms with Crippen molar-refractivity contribution in [3.8, 4) is 16.3 Å². The highest BCUT2D eigenvalue weighted by atomic mass is 32.1. The number of rotatable bonds is 5. The number of amides is 1. The summed E-state index contributed by atoms with van der Waals surface area (Å²) in [7, 11) is 1.63. The number of thiazole rings is 1. The summed E-state index contributed by atoms with van der Waals surface area (Å²) in [6, 6.07) is 7.58. The molecule has 1 aromatic carbocycles. The van der Waals surface area contributed by atoms with Gasteiger partial charge in [-0.2, -0.15) is 0 Å². The lowest BCUT2D eigenvalue weighted by Crippen LogP contribution is -2.23. The summed E-state index contributed by atoms with van der Waals surface area (Å²) in [6.45, 7) is 3.99. The van der Waals surface area contributed by atoms with Gasteiger partial charge in [0.1, 0.15) is 16.5 Å². The zero-order valence-electron chi connectivity index (χ0n) is 10.6. The molecule has 0 saturated carbocycles. The fourth-order valence-electron chi connectivity index (χ4n) is 1.50. The molecule has 0 atom stereocenters. The van der Waals surface area contributed by atoms with Gasteiger partial charge in [-0.05, 0) is 24.3 Å². The Morgan fingerprint density at radius 2 is 2.21 bits per heavy atom. The first-order chi connectivity index (χ1) is 9.24. The molecule has 19 heavy (non-hydrogen) atoms. The zero-order chi connectivity index (χ0) is 13.7. The van der Waals surface area contributed by atoms with Crippen molar-refractivity contribution in [1.82, 2.24) is 10.3 Å². The number of aromatic nitrogens is 1. The predicted molar refractivity (Wildman–Crippen MR) is 76.6 cm³/mol. The molecule has 4 nitrogen and oxygen atoms in total. The molecule has 0 bridgehead atoms. The second-order valence-electron chi connectivity index (χ2n) is 3.77. The standard InChI is InChI=1S/C14H14N2O2S/c1-3-8-15-13(17)12-9-19-14(16-12)10-4-6-11(18-2)7-5-10/h3-7,9H,1,8H2,2H3,(H,15,17). The van der Waals surface area contributed by atoms with E-state index in [9.17, 15) is 4.79 Å². The SMILES string of the molecule is C=CCNC(=O)c1csc(-c2ccc(OC)cc2)n1. The van der Waals surface area contributed by atoms with Crippen molar-refractivity contribution in [2.24, 2.45) is 0 Å². The van der Waals surface area contributed by atoms with E-state index < -0.39 is 0 Å². The summed E-state index contributed by atoms with van der Waals surface area (Å²) in [6.07, 6.45) is 1.63. The Morgan fingerprint density at radius 3 is 2.84 bits per heavy atom. The lowest BCUT2D eigenvalue weighted by molar-refractivity contribution is 0.0954. The van der Waals surface area contributed by atoms with Crippen molar-refractivity contribution in [3.63, 3.8) is 0 Å². The van der Waals surface area contributed by atoms with Gasteiger partial charge >= 0.3 is 0 Å². The topological polar surface area (TPSA) is 51.2 Å². The van der Waals surface area contributed by atoms with Crippen LogP contribution in [0, 0.1) is 0 Å². The lowest BCUT2D eigenvalue weighted by Gasteiger charge is -2.00. The molecule has 0 aliphatic carbocycles. The molecule has 0 radical (unpaired) electrons. The Kier molecular flexibility index (Phi) is 4.30. The van der Waals surface area contributed by atoms with Crippen LogP contribution < -0.4 is 10.1 Å². The largest absolute Gasteiger partial charge is 0.497 e. The number of carbonyl (C=O) groups excluding carboxylic acids is 1. The average Bonchev–Trinajstić information content (AvgIpc) is 2.94. The van der Waals surface area contributed by atoms with Gasteiger partial charge in [-0.25, -0.2) is 4.98 Å². The first-order valence-corrected chi connectivity index (χ1v) is 6.61. The third-order valence-electron chi connectivity index (χ3n) is 2.48. The van der Waals surface area contributed by atoms with Crippen LogP contribution in [0.1, 0.15) is 10.5 Å². The van der Waals surface area contributed by atoms with Crippen LogP contribution >= 0.6 is 11.3 Å². The van der Waals surface area contributed by atoms with Gasteiger partial charge in [0.15, 0.2) is 0 Å². The molecular weight excluding hydrogens is 260 g/mol. The van der Waals surface area contributed by atoms with Crippen LogP contribution in [0.25, 0.3) is 10.6 Å². The maximum absolute atomic E-state index is 11.7. The van der Waals surface area contributed by atoms with Crippen LogP contribution in [-0.2, 0) is 0 Å². The molecule has 0 aliphatic heterocycles. The van der Waals surface area contributed by atoms with Crippen LogP contribution in [0.15, 0.2) is 42.3 Å². The fourth-order valence-corrected chi connectivity index (χ4v) is 2.31. The van der Waals surface area contributed by atoms with Crippen molar-refractivity contribution in [1.29, 1.82) is 0 Å². The number of carbonyl (C=O) groups is 1. The van der Waals surface area contributed by atoms with Crippen LogP contribution in [0.4, 0.5) is 0 Å². The van der Waals surface area contributed by atoms with Gasteiger partial charge in [-0.1, -0.05) is 6.08 Å². The Hall–Kier alpha value is -2.14. The van der Waals surface area contributed by atoms with E-state index in [1.165, 1.54) is 11.3 Å². The summed E-state index contributed by atoms with van der Waals surface area (Å²) < 4.78 is 5.10. The second-order valence-corrected chi connectivity index (χ2v) is 4.62. The first-order valence-electron chi connectivity index (χ1n) is 5.73. The summed E-state index contributed by atoms with van der Waals surface area (Å²) in [4.78, 5) is 16.0. The summed E-state index contributed by atoms with van der Waals surface area (Å²) in [5.41, 5.74) is 1.39. The van der Waals surface area contributed by atoms with Gasteiger partial charge in [0, 0.05) is 17.5 Å². The van der Waals surface area contributed by atoms with Gasteiger partial charge in [0.2, 0.25) is 0 Å². The number of hydrogen-bond acceptors (Lipinski definition) is 4. The Morgan fingerprint density at radius 1 is 1.47 bits per heavy atom. The third-order valence-corrected chi connectivity index (χ3v) is 3.37. The van der Waals surface area contributed by atoms with Crippen LogP contribution in [0.3, 0.4) is 0 Å². The van der Waals surface area contributed by atoms with E-state index in [-0.39, 0.29) is 5.91 Å². The highest BCUT2D eigenvalue weighted by Crippen LogP contribution is 2.25. The number of hydrogen-bond donors (Lipinski definition) is 1. The van der Waals surface area contributed by atoms with Crippen molar-refractivity contribution in [2.75, 3.05) is 13.7 Å². The summed E-state index contributed by atoms with van der Waals surface area (Å²) >= 11 is 1.44. The molecule has 0 unspecified atom stereocenters. The van der Waals surface area contributed by atoms with Crippen LogP contribution in [0.2, 0.25) is 0 Å². The molecule has 0 saturated heterocycles. The van der Waals surface area contributed by atoms with E-state index in [2.05, 4.69) is 16.9 Å². The van der Waals surface area contributed by atoms with Gasteiger partial charge < -0.3 is 10.1 Å². The van der Waals surface area contributed by atoms with Crippen molar-refractivity contribution in [3.05, 3.63) is 48.0 Å². The summed E-state index contributed by atoms with van der Waals surface area (Å²) in [5, 5.41) is 5.26. The molecule has 2 rings (SSSR count). The van der Waals surface area contributed by atoms with Gasteiger partial charge in [0.05, 0.1) is 7.11 Å². The molecule has 0 aliphatic rings. The molecule has 0 fully saturated rings. The quantitative estimate of drug-likeness (QED) is 0.853. The maximum Gasteiger partial charge on any atom is 0.271 e. The third kappa shape index (κ3) is 3.20. The molecule has 1 amide bonds. The van der Waals surface area contributed by atoms with Crippen molar-refractivity contribution < 1.29 is 9.53 Å². The van der Waals surface area contributed by atoms with Crippen molar-refractivity contribution in [2.45, 2.75) is 0 Å². The Labute approximate surface area is 115 Å². The minimum atomic E-state index is -0.184. The smallest absolute Gasteiger partial charge is 0.271 e. The number of benzene rings is 1. The summed E-state index contributed by atoms with van der Waals surface area (Å²) in [5.74, 6) is 0.611. The monoisotopic (exact) mass is 274 g/mol. The van der Waals surface area contributed by atoms with Gasteiger partial charge in [0.25, 0.3) is 5.91 Å². The lowest BCUT2D eigenvalue weighted by atomic mass is 10.2. The van der Waals surface area contributed by atoms with Gasteiger partial charge in [-0.15, -0.1) is 17.9 Å². The van der Waals surface area contributed by atoms with E-state index in [0.29, 0.717) is 12.2 Å². The molecule has 1 aromatic heterocycles. The highest BCUT2D eigenvalue weighted by Gasteiger charge is 2.10. The Bertz CT molecular complexity index is 575. The van der Waals surface area contributed by atoms with Crippen LogP contribution in [-0.4, -0.2) is 24.5 Å². The molecule has 1 N–H and O–H groups in total. The van der Waals surface area contributed by atoms with E-state index in [1.807, 2.05) is 24.3 Å². The molecule has 98 valence electrons. The number of nitrogens with one attached hydrogen (secondary N) is 1. The molecule has 5 heteroatoms.